The molecule has 60 valence electrons. The van der Waals surface area contributed by atoms with Crippen LogP contribution in [0.15, 0.2) is 12.2 Å². The van der Waals surface area contributed by atoms with E-state index < -0.39 is 6.29 Å². The van der Waals surface area contributed by atoms with Gasteiger partial charge in [0.25, 0.3) is 0 Å². The van der Waals surface area contributed by atoms with Crippen molar-refractivity contribution in [2.24, 2.45) is 0 Å². The first-order valence-corrected chi connectivity index (χ1v) is 3.80. The zero-order valence-electron chi connectivity index (χ0n) is 6.45. The summed E-state index contributed by atoms with van der Waals surface area (Å²) in [6, 6.07) is 0. The Balaban J connectivity index is 3.02. The van der Waals surface area contributed by atoms with Crippen LogP contribution < -0.4 is 0 Å². The highest BCUT2D eigenvalue weighted by Crippen LogP contribution is 1.99. The molecule has 2 heteroatoms. The summed E-state index contributed by atoms with van der Waals surface area (Å²) < 4.78 is 0. The minimum absolute atomic E-state index is 0.950. The van der Waals surface area contributed by atoms with Gasteiger partial charge in [-0.3, -0.25) is 0 Å². The first-order chi connectivity index (χ1) is 4.77. The Morgan fingerprint density at radius 2 is 2.00 bits per heavy atom. The molecule has 0 aliphatic rings. The zero-order valence-corrected chi connectivity index (χ0v) is 6.45. The van der Waals surface area contributed by atoms with Gasteiger partial charge in [0, 0.05) is 0 Å². The van der Waals surface area contributed by atoms with Crippen LogP contribution in [-0.4, -0.2) is 16.5 Å². The monoisotopic (exact) mass is 144 g/mol. The van der Waals surface area contributed by atoms with Gasteiger partial charge in [0.15, 0.2) is 6.29 Å². The number of aliphatic hydroxyl groups is 2. The maximum Gasteiger partial charge on any atom is 0.171 e. The molecule has 0 unspecified atom stereocenters. The van der Waals surface area contributed by atoms with Gasteiger partial charge in [0.1, 0.15) is 0 Å². The van der Waals surface area contributed by atoms with Crippen molar-refractivity contribution in [2.75, 3.05) is 0 Å². The van der Waals surface area contributed by atoms with Gasteiger partial charge in [-0.25, -0.2) is 0 Å². The normalized spacial score (nSPS) is 11.6. The molecular formula is C8H16O2. The molecule has 2 N–H and O–H groups in total. The number of hydrogen-bond donors (Lipinski definition) is 2. The highest BCUT2D eigenvalue weighted by Gasteiger charge is 1.85. The summed E-state index contributed by atoms with van der Waals surface area (Å²) >= 11 is 0. The lowest BCUT2D eigenvalue weighted by Gasteiger charge is -1.93. The molecule has 0 aliphatic carbocycles. The van der Waals surface area contributed by atoms with E-state index in [4.69, 9.17) is 10.2 Å². The van der Waals surface area contributed by atoms with Crippen LogP contribution in [0.2, 0.25) is 0 Å². The fraction of sp³-hybridized carbons (Fsp3) is 0.750. The van der Waals surface area contributed by atoms with Crippen LogP contribution in [0.5, 0.6) is 0 Å². The van der Waals surface area contributed by atoms with Gasteiger partial charge in [0.2, 0.25) is 0 Å². The third-order valence-electron chi connectivity index (χ3n) is 1.28. The van der Waals surface area contributed by atoms with Crippen LogP contribution in [0.3, 0.4) is 0 Å². The molecular weight excluding hydrogens is 128 g/mol. The number of hydrogen-bond acceptors (Lipinski definition) is 2. The number of rotatable bonds is 5. The minimum atomic E-state index is -1.28. The van der Waals surface area contributed by atoms with E-state index in [1.54, 1.807) is 6.08 Å². The summed E-state index contributed by atoms with van der Waals surface area (Å²) in [7, 11) is 0. The molecule has 0 saturated heterocycles. The Kier molecular flexibility index (Phi) is 6.55. The highest BCUT2D eigenvalue weighted by molar-refractivity contribution is 4.82. The first kappa shape index (κ1) is 9.66. The maximum absolute atomic E-state index is 8.38. The molecule has 0 heterocycles. The summed E-state index contributed by atoms with van der Waals surface area (Å²) in [6.45, 7) is 2.14. The lowest BCUT2D eigenvalue weighted by atomic mass is 10.2. The van der Waals surface area contributed by atoms with Crippen molar-refractivity contribution in [3.8, 4) is 0 Å². The predicted octanol–water partition coefficient (Wildman–Crippen LogP) is 1.43. The molecule has 10 heavy (non-hydrogen) atoms. The lowest BCUT2D eigenvalue weighted by Crippen LogP contribution is -1.96. The Hall–Kier alpha value is -0.340. The van der Waals surface area contributed by atoms with Crippen LogP contribution in [0.25, 0.3) is 0 Å². The van der Waals surface area contributed by atoms with Gasteiger partial charge in [0.05, 0.1) is 0 Å². The van der Waals surface area contributed by atoms with Crippen LogP contribution in [0.4, 0.5) is 0 Å². The summed E-state index contributed by atoms with van der Waals surface area (Å²) in [5, 5.41) is 16.8. The minimum Gasteiger partial charge on any atom is -0.365 e. The lowest BCUT2D eigenvalue weighted by molar-refractivity contribution is 0.00216. The van der Waals surface area contributed by atoms with Gasteiger partial charge >= 0.3 is 0 Å². The van der Waals surface area contributed by atoms with Gasteiger partial charge in [-0.1, -0.05) is 25.8 Å². The molecule has 0 aromatic rings. The van der Waals surface area contributed by atoms with Crippen molar-refractivity contribution >= 4 is 0 Å². The maximum atomic E-state index is 8.38. The molecule has 0 radical (unpaired) electrons. The SMILES string of the molecule is CCCCCC=CC(O)O. The average molecular weight is 144 g/mol. The smallest absolute Gasteiger partial charge is 0.171 e. The highest BCUT2D eigenvalue weighted by atomic mass is 16.5. The first-order valence-electron chi connectivity index (χ1n) is 3.80. The molecule has 2 nitrogen and oxygen atoms in total. The molecule has 0 aliphatic heterocycles. The van der Waals surface area contributed by atoms with Crippen molar-refractivity contribution in [2.45, 2.75) is 38.9 Å². The van der Waals surface area contributed by atoms with Gasteiger partial charge in [-0.05, 0) is 18.9 Å². The van der Waals surface area contributed by atoms with Gasteiger partial charge in [-0.15, -0.1) is 0 Å². The average Bonchev–Trinajstić information content (AvgIpc) is 1.87. The topological polar surface area (TPSA) is 40.5 Å². The van der Waals surface area contributed by atoms with Crippen molar-refractivity contribution in [1.29, 1.82) is 0 Å². The molecule has 0 rings (SSSR count). The zero-order chi connectivity index (χ0) is 7.82. The van der Waals surface area contributed by atoms with E-state index in [-0.39, 0.29) is 0 Å². The summed E-state index contributed by atoms with van der Waals surface area (Å²) in [5.74, 6) is 0. The van der Waals surface area contributed by atoms with E-state index in [2.05, 4.69) is 6.92 Å². The van der Waals surface area contributed by atoms with Crippen molar-refractivity contribution in [3.05, 3.63) is 12.2 Å². The summed E-state index contributed by atoms with van der Waals surface area (Å²) in [5.41, 5.74) is 0. The predicted molar refractivity (Wildman–Crippen MR) is 41.5 cm³/mol. The quantitative estimate of drug-likeness (QED) is 0.348. The van der Waals surface area contributed by atoms with Gasteiger partial charge < -0.3 is 10.2 Å². The Bertz CT molecular complexity index is 87.3. The van der Waals surface area contributed by atoms with E-state index in [0.717, 1.165) is 12.8 Å². The molecule has 0 fully saturated rings. The molecule has 0 saturated carbocycles. The van der Waals surface area contributed by atoms with E-state index in [0.29, 0.717) is 0 Å². The van der Waals surface area contributed by atoms with Crippen LogP contribution in [0.1, 0.15) is 32.6 Å². The Morgan fingerprint density at radius 1 is 1.30 bits per heavy atom. The molecule has 0 atom stereocenters. The van der Waals surface area contributed by atoms with E-state index in [9.17, 15) is 0 Å². The summed E-state index contributed by atoms with van der Waals surface area (Å²) in [4.78, 5) is 0. The van der Waals surface area contributed by atoms with E-state index >= 15 is 0 Å². The van der Waals surface area contributed by atoms with Crippen molar-refractivity contribution < 1.29 is 10.2 Å². The molecule has 0 amide bonds. The van der Waals surface area contributed by atoms with Crippen LogP contribution in [-0.2, 0) is 0 Å². The van der Waals surface area contributed by atoms with Crippen LogP contribution >= 0.6 is 0 Å². The fourth-order valence-electron chi connectivity index (χ4n) is 0.730. The molecule has 0 aromatic carbocycles. The second-order valence-corrected chi connectivity index (χ2v) is 2.34. The fourth-order valence-corrected chi connectivity index (χ4v) is 0.730. The molecule has 0 spiro atoms. The number of allylic oxidation sites excluding steroid dienone is 1. The Morgan fingerprint density at radius 3 is 2.50 bits per heavy atom. The Labute approximate surface area is 62.2 Å². The second-order valence-electron chi connectivity index (χ2n) is 2.34. The third-order valence-corrected chi connectivity index (χ3v) is 1.28. The molecule has 0 aromatic heterocycles. The number of unbranched alkanes of at least 4 members (excludes halogenated alkanes) is 3. The van der Waals surface area contributed by atoms with E-state index in [1.165, 1.54) is 18.9 Å². The third kappa shape index (κ3) is 7.66. The summed E-state index contributed by atoms with van der Waals surface area (Å²) in [6.07, 6.45) is 6.43. The standard InChI is InChI=1S/C8H16O2/c1-2-3-4-5-6-7-8(9)10/h6-10H,2-5H2,1H3. The van der Waals surface area contributed by atoms with E-state index in [1.807, 2.05) is 0 Å². The molecule has 0 bridgehead atoms. The largest absolute Gasteiger partial charge is 0.365 e. The van der Waals surface area contributed by atoms with Crippen molar-refractivity contribution in [3.63, 3.8) is 0 Å². The number of aliphatic hydroxyl groups excluding tert-OH is 1. The second kappa shape index (κ2) is 6.78. The van der Waals surface area contributed by atoms with Crippen LogP contribution in [0, 0.1) is 0 Å². The van der Waals surface area contributed by atoms with Crippen molar-refractivity contribution in [1.82, 2.24) is 0 Å². The van der Waals surface area contributed by atoms with Gasteiger partial charge in [-0.2, -0.15) is 0 Å².